The van der Waals surface area contributed by atoms with E-state index in [9.17, 15) is 8.42 Å². The zero-order chi connectivity index (χ0) is 12.3. The lowest BCUT2D eigenvalue weighted by atomic mass is 10.3. The average Bonchev–Trinajstić information content (AvgIpc) is 3.13. The highest BCUT2D eigenvalue weighted by Crippen LogP contribution is 2.27. The van der Waals surface area contributed by atoms with Crippen molar-refractivity contribution in [3.8, 4) is 0 Å². The van der Waals surface area contributed by atoms with Gasteiger partial charge in [0.1, 0.15) is 0 Å². The van der Waals surface area contributed by atoms with E-state index in [2.05, 4.69) is 4.90 Å². The summed E-state index contributed by atoms with van der Waals surface area (Å²) in [5, 5.41) is 8.66. The van der Waals surface area contributed by atoms with Gasteiger partial charge in [-0.25, -0.2) is 8.42 Å². The fraction of sp³-hybridized carbons (Fsp3) is 1.00. The van der Waals surface area contributed by atoms with Gasteiger partial charge in [0.15, 0.2) is 0 Å². The average molecular weight is 262 g/mol. The van der Waals surface area contributed by atoms with Crippen molar-refractivity contribution < 1.29 is 13.5 Å². The lowest BCUT2D eigenvalue weighted by Crippen LogP contribution is -2.49. The zero-order valence-electron chi connectivity index (χ0n) is 10.2. The molecule has 2 rings (SSSR count). The van der Waals surface area contributed by atoms with E-state index < -0.39 is 10.0 Å². The van der Waals surface area contributed by atoms with E-state index >= 15 is 0 Å². The molecular weight excluding hydrogens is 240 g/mol. The number of aliphatic hydroxyl groups excluding tert-OH is 1. The number of hydrogen-bond acceptors (Lipinski definition) is 4. The number of hydrogen-bond donors (Lipinski definition) is 1. The second-order valence-corrected chi connectivity index (χ2v) is 7.00. The molecule has 6 heteroatoms. The highest BCUT2D eigenvalue weighted by atomic mass is 32.2. The van der Waals surface area contributed by atoms with Crippen LogP contribution in [0, 0.1) is 0 Å². The standard InChI is InChI=1S/C11H22N2O3S/c14-9-1-2-10-17(15,16)13-7-5-12(6-8-13)11-3-4-11/h11,14H,1-10H2. The van der Waals surface area contributed by atoms with Crippen LogP contribution in [0.5, 0.6) is 0 Å². The number of nitrogens with zero attached hydrogens (tertiary/aromatic N) is 2. The van der Waals surface area contributed by atoms with E-state index in [0.29, 0.717) is 25.9 Å². The summed E-state index contributed by atoms with van der Waals surface area (Å²) in [7, 11) is -3.09. The third-order valence-corrected chi connectivity index (χ3v) is 5.50. The minimum absolute atomic E-state index is 0.0744. The van der Waals surface area contributed by atoms with E-state index in [-0.39, 0.29) is 12.4 Å². The lowest BCUT2D eigenvalue weighted by Gasteiger charge is -2.34. The topological polar surface area (TPSA) is 60.9 Å². The minimum atomic E-state index is -3.09. The lowest BCUT2D eigenvalue weighted by molar-refractivity contribution is 0.180. The molecule has 0 aromatic heterocycles. The summed E-state index contributed by atoms with van der Waals surface area (Å²) < 4.78 is 25.6. The Morgan fingerprint density at radius 2 is 1.71 bits per heavy atom. The predicted molar refractivity (Wildman–Crippen MR) is 66.3 cm³/mol. The molecule has 1 N–H and O–H groups in total. The van der Waals surface area contributed by atoms with Crippen LogP contribution >= 0.6 is 0 Å². The molecule has 1 aliphatic heterocycles. The summed E-state index contributed by atoms with van der Waals surface area (Å²) in [6.07, 6.45) is 3.69. The van der Waals surface area contributed by atoms with E-state index in [1.54, 1.807) is 4.31 Å². The van der Waals surface area contributed by atoms with Crippen molar-refractivity contribution >= 4 is 10.0 Å². The van der Waals surface area contributed by atoms with Crippen LogP contribution in [0.2, 0.25) is 0 Å². The molecule has 0 aromatic rings. The van der Waals surface area contributed by atoms with Gasteiger partial charge in [0.05, 0.1) is 5.75 Å². The van der Waals surface area contributed by atoms with Crippen LogP contribution in [-0.4, -0.2) is 67.3 Å². The molecule has 1 saturated carbocycles. The fourth-order valence-electron chi connectivity index (χ4n) is 2.31. The quantitative estimate of drug-likeness (QED) is 0.677. The molecule has 0 atom stereocenters. The van der Waals surface area contributed by atoms with E-state index in [0.717, 1.165) is 19.1 Å². The van der Waals surface area contributed by atoms with Crippen LogP contribution in [0.15, 0.2) is 0 Å². The Bertz CT molecular complexity index is 333. The molecule has 0 unspecified atom stereocenters. The van der Waals surface area contributed by atoms with Crippen LogP contribution in [-0.2, 0) is 10.0 Å². The Balaban J connectivity index is 1.77. The normalized spacial score (nSPS) is 24.1. The number of unbranched alkanes of at least 4 members (excludes halogenated alkanes) is 1. The highest BCUT2D eigenvalue weighted by Gasteiger charge is 2.33. The molecule has 2 aliphatic rings. The molecule has 100 valence electrons. The van der Waals surface area contributed by atoms with Crippen molar-refractivity contribution in [2.75, 3.05) is 38.5 Å². The van der Waals surface area contributed by atoms with Gasteiger partial charge in [-0.2, -0.15) is 4.31 Å². The van der Waals surface area contributed by atoms with E-state index in [1.165, 1.54) is 12.8 Å². The summed E-state index contributed by atoms with van der Waals surface area (Å²) in [6, 6.07) is 0.731. The third kappa shape index (κ3) is 3.64. The van der Waals surface area contributed by atoms with Gasteiger partial charge in [0.25, 0.3) is 0 Å². The predicted octanol–water partition coefficient (Wildman–Crippen LogP) is -0.131. The number of rotatable bonds is 6. The maximum atomic E-state index is 12.0. The van der Waals surface area contributed by atoms with Gasteiger partial charge >= 0.3 is 0 Å². The number of piperazine rings is 1. The molecule has 17 heavy (non-hydrogen) atoms. The van der Waals surface area contributed by atoms with Crippen molar-refractivity contribution in [3.63, 3.8) is 0 Å². The van der Waals surface area contributed by atoms with Crippen molar-refractivity contribution in [1.29, 1.82) is 0 Å². The van der Waals surface area contributed by atoms with Gasteiger partial charge in [-0.3, -0.25) is 4.90 Å². The summed E-state index contributed by atoms with van der Waals surface area (Å²) >= 11 is 0. The molecule has 0 aromatic carbocycles. The second-order valence-electron chi connectivity index (χ2n) is 4.91. The van der Waals surface area contributed by atoms with Gasteiger partial charge in [-0.1, -0.05) is 0 Å². The summed E-state index contributed by atoms with van der Waals surface area (Å²) in [4.78, 5) is 2.40. The number of sulfonamides is 1. The maximum absolute atomic E-state index is 12.0. The Kier molecular flexibility index (Phi) is 4.41. The molecule has 5 nitrogen and oxygen atoms in total. The monoisotopic (exact) mass is 262 g/mol. The first-order valence-electron chi connectivity index (χ1n) is 6.46. The van der Waals surface area contributed by atoms with Crippen molar-refractivity contribution in [3.05, 3.63) is 0 Å². The first-order valence-corrected chi connectivity index (χ1v) is 8.07. The summed E-state index contributed by atoms with van der Waals surface area (Å²) in [5.74, 6) is 0.178. The maximum Gasteiger partial charge on any atom is 0.214 e. The first-order chi connectivity index (χ1) is 8.13. The first kappa shape index (κ1) is 13.3. The third-order valence-electron chi connectivity index (χ3n) is 3.54. The largest absolute Gasteiger partial charge is 0.396 e. The molecule has 0 amide bonds. The Hall–Kier alpha value is -0.170. The smallest absolute Gasteiger partial charge is 0.214 e. The molecule has 1 aliphatic carbocycles. The van der Waals surface area contributed by atoms with Gasteiger partial charge < -0.3 is 5.11 Å². The van der Waals surface area contributed by atoms with Gasteiger partial charge in [0.2, 0.25) is 10.0 Å². The van der Waals surface area contributed by atoms with Crippen LogP contribution < -0.4 is 0 Å². The second kappa shape index (κ2) is 5.65. The molecule has 1 saturated heterocycles. The zero-order valence-corrected chi connectivity index (χ0v) is 11.0. The van der Waals surface area contributed by atoms with Gasteiger partial charge in [-0.05, 0) is 25.7 Å². The highest BCUT2D eigenvalue weighted by molar-refractivity contribution is 7.89. The Labute approximate surface area is 103 Å². The Morgan fingerprint density at radius 3 is 2.24 bits per heavy atom. The van der Waals surface area contributed by atoms with E-state index in [4.69, 9.17) is 5.11 Å². The van der Waals surface area contributed by atoms with Crippen molar-refractivity contribution in [2.24, 2.45) is 0 Å². The van der Waals surface area contributed by atoms with Crippen molar-refractivity contribution in [2.45, 2.75) is 31.7 Å². The Morgan fingerprint density at radius 1 is 1.06 bits per heavy atom. The fourth-order valence-corrected chi connectivity index (χ4v) is 3.86. The van der Waals surface area contributed by atoms with Crippen molar-refractivity contribution in [1.82, 2.24) is 9.21 Å². The summed E-state index contributed by atoms with van der Waals surface area (Å²) in [5.41, 5.74) is 0. The van der Waals surface area contributed by atoms with Crippen LogP contribution in [0.3, 0.4) is 0 Å². The molecule has 0 bridgehead atoms. The molecule has 2 fully saturated rings. The number of aliphatic hydroxyl groups is 1. The molecular formula is C11H22N2O3S. The molecule has 0 spiro atoms. The summed E-state index contributed by atoms with van der Waals surface area (Å²) in [6.45, 7) is 3.11. The SMILES string of the molecule is O=S(=O)(CCCCO)N1CCN(C2CC2)CC1. The minimum Gasteiger partial charge on any atom is -0.396 e. The van der Waals surface area contributed by atoms with Gasteiger partial charge in [0, 0.05) is 38.8 Å². The molecule has 0 radical (unpaired) electrons. The van der Waals surface area contributed by atoms with Crippen LogP contribution in [0.1, 0.15) is 25.7 Å². The van der Waals surface area contributed by atoms with Crippen LogP contribution in [0.25, 0.3) is 0 Å². The van der Waals surface area contributed by atoms with Crippen LogP contribution in [0.4, 0.5) is 0 Å². The van der Waals surface area contributed by atoms with Gasteiger partial charge in [-0.15, -0.1) is 0 Å². The molecule has 1 heterocycles. The van der Waals surface area contributed by atoms with E-state index in [1.807, 2.05) is 0 Å².